The molecule has 0 saturated carbocycles. The lowest BCUT2D eigenvalue weighted by atomic mass is 9.99. The molecule has 0 aliphatic carbocycles. The minimum Gasteiger partial charge on any atom is -0.289 e. The lowest BCUT2D eigenvalue weighted by molar-refractivity contribution is 0.104. The third-order valence-electron chi connectivity index (χ3n) is 4.56. The van der Waals surface area contributed by atoms with E-state index in [9.17, 15) is 13.2 Å². The van der Waals surface area contributed by atoms with Gasteiger partial charge in [-0.2, -0.15) is 0 Å². The maximum atomic E-state index is 13.0. The summed E-state index contributed by atoms with van der Waals surface area (Å²) in [6, 6.07) is 21.3. The van der Waals surface area contributed by atoms with Gasteiger partial charge >= 0.3 is 0 Å². The molecule has 0 amide bonds. The predicted octanol–water partition coefficient (Wildman–Crippen LogP) is 4.42. The number of nitrogens with zero attached hydrogens (tertiary/aromatic N) is 1. The molecule has 4 rings (SSSR count). The highest BCUT2D eigenvalue weighted by Gasteiger charge is 2.19. The topological polar surface area (TPSA) is 56.1 Å². The molecule has 134 valence electrons. The number of aryl methyl sites for hydroxylation is 1. The van der Waals surface area contributed by atoms with E-state index in [1.807, 2.05) is 43.3 Å². The largest absolute Gasteiger partial charge is 0.289 e. The van der Waals surface area contributed by atoms with Gasteiger partial charge in [0.1, 0.15) is 0 Å². The average Bonchev–Trinajstić information content (AvgIpc) is 3.18. The Morgan fingerprint density at radius 2 is 1.56 bits per heavy atom. The van der Waals surface area contributed by atoms with Crippen molar-refractivity contribution in [3.63, 3.8) is 0 Å². The van der Waals surface area contributed by atoms with Gasteiger partial charge in [-0.1, -0.05) is 60.2 Å². The number of hydrogen-bond acceptors (Lipinski definition) is 3. The second kappa shape index (κ2) is 6.52. The number of carbonyl (C=O) groups is 1. The number of benzene rings is 3. The minimum absolute atomic E-state index is 0.188. The van der Waals surface area contributed by atoms with Crippen LogP contribution in [0.25, 0.3) is 10.8 Å². The molecule has 0 N–H and O–H groups in total. The molecule has 0 fully saturated rings. The first-order valence-corrected chi connectivity index (χ1v) is 9.93. The third-order valence-corrected chi connectivity index (χ3v) is 6.21. The number of fused-ring (bicyclic) bond motifs is 1. The van der Waals surface area contributed by atoms with E-state index >= 15 is 0 Å². The van der Waals surface area contributed by atoms with Crippen molar-refractivity contribution < 1.29 is 13.2 Å². The van der Waals surface area contributed by atoms with Crippen LogP contribution in [0.15, 0.2) is 90.1 Å². The van der Waals surface area contributed by atoms with E-state index in [-0.39, 0.29) is 10.7 Å². The Morgan fingerprint density at radius 1 is 0.852 bits per heavy atom. The van der Waals surface area contributed by atoms with E-state index in [1.165, 1.54) is 18.5 Å². The molecule has 1 heterocycles. The van der Waals surface area contributed by atoms with Crippen LogP contribution in [-0.4, -0.2) is 18.2 Å². The van der Waals surface area contributed by atoms with Gasteiger partial charge in [0.15, 0.2) is 5.78 Å². The summed E-state index contributed by atoms with van der Waals surface area (Å²) < 4.78 is 26.7. The molecule has 3 aromatic carbocycles. The second-order valence-electron chi connectivity index (χ2n) is 6.40. The Kier molecular flexibility index (Phi) is 4.16. The Morgan fingerprint density at radius 3 is 2.33 bits per heavy atom. The first-order valence-electron chi connectivity index (χ1n) is 8.49. The van der Waals surface area contributed by atoms with Crippen molar-refractivity contribution >= 4 is 26.6 Å². The molecule has 1 aromatic heterocycles. The van der Waals surface area contributed by atoms with Crippen LogP contribution < -0.4 is 0 Å². The summed E-state index contributed by atoms with van der Waals surface area (Å²) in [5.74, 6) is -0.204. The lowest BCUT2D eigenvalue weighted by Crippen LogP contribution is -2.11. The van der Waals surface area contributed by atoms with Crippen LogP contribution >= 0.6 is 0 Å². The van der Waals surface area contributed by atoms with Gasteiger partial charge < -0.3 is 0 Å². The fraction of sp³-hybridized carbons (Fsp3) is 0.0455. The van der Waals surface area contributed by atoms with E-state index in [2.05, 4.69) is 0 Å². The van der Waals surface area contributed by atoms with Crippen molar-refractivity contribution in [1.82, 2.24) is 3.97 Å². The minimum atomic E-state index is -3.73. The summed E-state index contributed by atoms with van der Waals surface area (Å²) in [5.41, 5.74) is 1.87. The van der Waals surface area contributed by atoms with Crippen LogP contribution in [0.2, 0.25) is 0 Å². The first-order chi connectivity index (χ1) is 13.0. The Bertz CT molecular complexity index is 1250. The number of carbonyl (C=O) groups excluding carboxylic acids is 1. The fourth-order valence-corrected chi connectivity index (χ4v) is 4.27. The summed E-state index contributed by atoms with van der Waals surface area (Å²) in [7, 11) is -3.73. The quantitative estimate of drug-likeness (QED) is 0.496. The molecule has 0 bridgehead atoms. The molecule has 27 heavy (non-hydrogen) atoms. The SMILES string of the molecule is Cc1ccc(S(=O)(=O)n2ccc(C(=O)c3cccc4ccccc34)c2)cc1. The Labute approximate surface area is 157 Å². The van der Waals surface area contributed by atoms with Gasteiger partial charge in [-0.25, -0.2) is 12.4 Å². The third kappa shape index (κ3) is 3.06. The van der Waals surface area contributed by atoms with E-state index < -0.39 is 10.0 Å². The maximum absolute atomic E-state index is 13.0. The van der Waals surface area contributed by atoms with Crippen LogP contribution in [-0.2, 0) is 10.0 Å². The molecule has 0 saturated heterocycles. The summed E-state index contributed by atoms with van der Waals surface area (Å²) >= 11 is 0. The predicted molar refractivity (Wildman–Crippen MR) is 106 cm³/mol. The molecule has 0 spiro atoms. The standard InChI is InChI=1S/C22H17NO3S/c1-16-9-11-19(12-10-16)27(25,26)23-14-13-18(15-23)22(24)21-8-4-6-17-5-2-3-7-20(17)21/h2-15H,1H3. The molecule has 4 aromatic rings. The molecule has 0 radical (unpaired) electrons. The van der Waals surface area contributed by atoms with E-state index in [0.29, 0.717) is 11.1 Å². The number of rotatable bonds is 4. The highest BCUT2D eigenvalue weighted by atomic mass is 32.2. The Balaban J connectivity index is 1.74. The highest BCUT2D eigenvalue weighted by molar-refractivity contribution is 7.90. The molecular weight excluding hydrogens is 358 g/mol. The molecule has 4 nitrogen and oxygen atoms in total. The van der Waals surface area contributed by atoms with Gasteiger partial charge in [-0.05, 0) is 35.9 Å². The van der Waals surface area contributed by atoms with Crippen molar-refractivity contribution in [2.24, 2.45) is 0 Å². The van der Waals surface area contributed by atoms with Gasteiger partial charge in [0.05, 0.1) is 4.90 Å². The zero-order chi connectivity index (χ0) is 19.0. The zero-order valence-electron chi connectivity index (χ0n) is 14.7. The first kappa shape index (κ1) is 17.2. The monoisotopic (exact) mass is 375 g/mol. The molecule has 0 atom stereocenters. The molecule has 0 unspecified atom stereocenters. The molecule has 0 aliphatic rings. The van der Waals surface area contributed by atoms with E-state index in [1.54, 1.807) is 30.3 Å². The van der Waals surface area contributed by atoms with Crippen molar-refractivity contribution in [2.45, 2.75) is 11.8 Å². The summed E-state index contributed by atoms with van der Waals surface area (Å²) in [6.45, 7) is 1.90. The second-order valence-corrected chi connectivity index (χ2v) is 8.25. The lowest BCUT2D eigenvalue weighted by Gasteiger charge is -2.06. The normalized spacial score (nSPS) is 11.6. The van der Waals surface area contributed by atoms with Crippen LogP contribution in [0.5, 0.6) is 0 Å². The summed E-state index contributed by atoms with van der Waals surface area (Å²) in [5, 5.41) is 1.81. The summed E-state index contributed by atoms with van der Waals surface area (Å²) in [6.07, 6.45) is 2.78. The van der Waals surface area contributed by atoms with Gasteiger partial charge in [0.2, 0.25) is 0 Å². The number of ketones is 1. The number of aromatic nitrogens is 1. The van der Waals surface area contributed by atoms with Gasteiger partial charge in [0.25, 0.3) is 10.0 Å². The van der Waals surface area contributed by atoms with E-state index in [0.717, 1.165) is 20.3 Å². The zero-order valence-corrected chi connectivity index (χ0v) is 15.5. The number of hydrogen-bond donors (Lipinski definition) is 0. The van der Waals surface area contributed by atoms with Gasteiger partial charge in [-0.3, -0.25) is 4.79 Å². The molecular formula is C22H17NO3S. The van der Waals surface area contributed by atoms with Crippen LogP contribution in [0.3, 0.4) is 0 Å². The van der Waals surface area contributed by atoms with Crippen LogP contribution in [0.4, 0.5) is 0 Å². The van der Waals surface area contributed by atoms with E-state index in [4.69, 9.17) is 0 Å². The fourth-order valence-electron chi connectivity index (χ4n) is 3.07. The maximum Gasteiger partial charge on any atom is 0.267 e. The Hall–Kier alpha value is -3.18. The molecule has 5 heteroatoms. The van der Waals surface area contributed by atoms with Crippen molar-refractivity contribution in [1.29, 1.82) is 0 Å². The average molecular weight is 375 g/mol. The molecule has 0 aliphatic heterocycles. The van der Waals surface area contributed by atoms with Crippen molar-refractivity contribution in [3.05, 3.63) is 102 Å². The van der Waals surface area contributed by atoms with Crippen LogP contribution in [0, 0.1) is 6.92 Å². The van der Waals surface area contributed by atoms with Gasteiger partial charge in [0, 0.05) is 23.5 Å². The van der Waals surface area contributed by atoms with Crippen molar-refractivity contribution in [3.8, 4) is 0 Å². The van der Waals surface area contributed by atoms with Crippen LogP contribution in [0.1, 0.15) is 21.5 Å². The highest BCUT2D eigenvalue weighted by Crippen LogP contribution is 2.23. The summed E-state index contributed by atoms with van der Waals surface area (Å²) in [4.78, 5) is 13.2. The van der Waals surface area contributed by atoms with Crippen molar-refractivity contribution in [2.75, 3.05) is 0 Å². The van der Waals surface area contributed by atoms with Gasteiger partial charge in [-0.15, -0.1) is 0 Å². The smallest absolute Gasteiger partial charge is 0.267 e.